The Balaban J connectivity index is 1.40. The minimum atomic E-state index is -0.363. The molecule has 9 nitrogen and oxygen atoms in total. The van der Waals surface area contributed by atoms with Crippen LogP contribution in [0.5, 0.6) is 0 Å². The highest BCUT2D eigenvalue weighted by molar-refractivity contribution is 5.90. The van der Waals surface area contributed by atoms with E-state index < -0.39 is 0 Å². The number of nitrogens with zero attached hydrogens (tertiary/aromatic N) is 5. The molecule has 180 valence electrons. The summed E-state index contributed by atoms with van der Waals surface area (Å²) in [6, 6.07) is 7.01. The van der Waals surface area contributed by atoms with Gasteiger partial charge in [-0.15, -0.1) is 0 Å². The summed E-state index contributed by atoms with van der Waals surface area (Å²) >= 11 is 0. The van der Waals surface area contributed by atoms with E-state index in [9.17, 15) is 9.18 Å². The van der Waals surface area contributed by atoms with Crippen LogP contribution in [0, 0.1) is 12.7 Å². The molecular formula is C25H26FN7O2. The molecule has 1 aliphatic heterocycles. The van der Waals surface area contributed by atoms with Gasteiger partial charge in [0, 0.05) is 67.3 Å². The fraction of sp³-hybridized carbons (Fsp3) is 0.280. The molecule has 1 amide bonds. The molecule has 3 N–H and O–H groups in total. The van der Waals surface area contributed by atoms with Crippen molar-refractivity contribution < 1.29 is 13.9 Å². The van der Waals surface area contributed by atoms with Crippen molar-refractivity contribution >= 4 is 34.0 Å². The van der Waals surface area contributed by atoms with E-state index in [1.54, 1.807) is 41.3 Å². The first-order valence-electron chi connectivity index (χ1n) is 11.3. The maximum atomic E-state index is 14.9. The van der Waals surface area contributed by atoms with Crippen molar-refractivity contribution in [3.05, 3.63) is 59.9 Å². The minimum Gasteiger partial charge on any atom is -0.397 e. The third kappa shape index (κ3) is 4.52. The summed E-state index contributed by atoms with van der Waals surface area (Å²) in [5, 5.41) is 9.26. The Hall–Kier alpha value is -4.05. The van der Waals surface area contributed by atoms with E-state index in [-0.39, 0.29) is 18.3 Å². The van der Waals surface area contributed by atoms with Crippen LogP contribution in [0.2, 0.25) is 0 Å². The van der Waals surface area contributed by atoms with Crippen molar-refractivity contribution in [1.29, 1.82) is 0 Å². The Morgan fingerprint density at radius 2 is 1.97 bits per heavy atom. The fourth-order valence-corrected chi connectivity index (χ4v) is 4.28. The van der Waals surface area contributed by atoms with Gasteiger partial charge in [0.15, 0.2) is 5.82 Å². The highest BCUT2D eigenvalue weighted by Gasteiger charge is 2.22. The zero-order chi connectivity index (χ0) is 24.5. The highest BCUT2D eigenvalue weighted by atomic mass is 19.1. The van der Waals surface area contributed by atoms with Gasteiger partial charge in [-0.25, -0.2) is 9.37 Å². The number of fused-ring (bicyclic) bond motifs is 2. The molecule has 0 unspecified atom stereocenters. The molecule has 10 heteroatoms. The Bertz CT molecular complexity index is 1420. The van der Waals surface area contributed by atoms with E-state index in [4.69, 9.17) is 10.5 Å². The smallest absolute Gasteiger partial charge is 0.244 e. The largest absolute Gasteiger partial charge is 0.397 e. The third-order valence-corrected chi connectivity index (χ3v) is 6.31. The Morgan fingerprint density at radius 3 is 2.80 bits per heavy atom. The summed E-state index contributed by atoms with van der Waals surface area (Å²) in [6.45, 7) is 3.73. The van der Waals surface area contributed by atoms with Crippen molar-refractivity contribution in [3.63, 3.8) is 0 Å². The second-order valence-corrected chi connectivity index (χ2v) is 8.58. The van der Waals surface area contributed by atoms with Crippen molar-refractivity contribution in [1.82, 2.24) is 24.6 Å². The number of nitrogens with two attached hydrogens (primary N) is 1. The number of anilines is 3. The molecule has 5 rings (SSSR count). The number of nitrogen functional groups attached to an aromatic ring is 1. The second-order valence-electron chi connectivity index (χ2n) is 8.58. The van der Waals surface area contributed by atoms with Crippen molar-refractivity contribution in [3.8, 4) is 11.1 Å². The minimum absolute atomic E-state index is 0.0140. The summed E-state index contributed by atoms with van der Waals surface area (Å²) in [5.74, 6) is 0.819. The van der Waals surface area contributed by atoms with Gasteiger partial charge in [-0.3, -0.25) is 14.5 Å². The lowest BCUT2D eigenvalue weighted by Gasteiger charge is -2.19. The van der Waals surface area contributed by atoms with E-state index in [1.807, 2.05) is 19.1 Å². The lowest BCUT2D eigenvalue weighted by Crippen LogP contribution is -2.35. The van der Waals surface area contributed by atoms with Crippen molar-refractivity contribution in [2.24, 2.45) is 0 Å². The van der Waals surface area contributed by atoms with E-state index in [2.05, 4.69) is 20.4 Å². The predicted octanol–water partition coefficient (Wildman–Crippen LogP) is 3.30. The van der Waals surface area contributed by atoms with E-state index in [0.29, 0.717) is 60.0 Å². The Labute approximate surface area is 201 Å². The monoisotopic (exact) mass is 475 g/mol. The molecule has 0 aliphatic carbocycles. The molecule has 0 saturated carbocycles. The number of hydrogen-bond donors (Lipinski definition) is 2. The SMILES string of the molecule is COCCN1CCc2cc(Nc3cc4cc(-c5cncc(N)c5C)c(F)cc4cn3)nn2CC1=O. The number of methoxy groups -OCH3 is 1. The number of amides is 1. The average Bonchev–Trinajstić information content (AvgIpc) is 3.14. The lowest BCUT2D eigenvalue weighted by molar-refractivity contribution is -0.132. The molecule has 0 radical (unpaired) electrons. The number of ether oxygens (including phenoxy) is 1. The number of aromatic nitrogens is 4. The van der Waals surface area contributed by atoms with Crippen molar-refractivity contribution in [2.45, 2.75) is 19.9 Å². The lowest BCUT2D eigenvalue weighted by atomic mass is 9.99. The first-order valence-corrected chi connectivity index (χ1v) is 11.3. The first-order chi connectivity index (χ1) is 16.9. The van der Waals surface area contributed by atoms with Gasteiger partial charge in [0.05, 0.1) is 18.5 Å². The quantitative estimate of drug-likeness (QED) is 0.440. The maximum Gasteiger partial charge on any atom is 0.244 e. The van der Waals surface area contributed by atoms with Crippen LogP contribution in [-0.2, 0) is 22.5 Å². The summed E-state index contributed by atoms with van der Waals surface area (Å²) in [7, 11) is 1.62. The molecule has 0 fully saturated rings. The van der Waals surface area contributed by atoms with E-state index in [0.717, 1.165) is 16.6 Å². The van der Waals surface area contributed by atoms with Crippen LogP contribution in [0.1, 0.15) is 11.3 Å². The number of pyridine rings is 2. The maximum absolute atomic E-state index is 14.9. The van der Waals surface area contributed by atoms with Crippen LogP contribution >= 0.6 is 0 Å². The summed E-state index contributed by atoms with van der Waals surface area (Å²) in [6.07, 6.45) is 5.49. The molecule has 0 bridgehead atoms. The molecule has 1 aliphatic rings. The van der Waals surface area contributed by atoms with Gasteiger partial charge in [0.1, 0.15) is 18.2 Å². The van der Waals surface area contributed by atoms with Gasteiger partial charge in [-0.2, -0.15) is 5.10 Å². The second kappa shape index (κ2) is 9.30. The number of carbonyl (C=O) groups is 1. The molecule has 4 heterocycles. The molecular weight excluding hydrogens is 449 g/mol. The number of halogens is 1. The third-order valence-electron chi connectivity index (χ3n) is 6.31. The zero-order valence-electron chi connectivity index (χ0n) is 19.6. The number of benzene rings is 1. The molecule has 4 aromatic rings. The van der Waals surface area contributed by atoms with Crippen LogP contribution < -0.4 is 11.1 Å². The standard InChI is InChI=1S/C25H26FN7O2/c1-15-20(12-28-13-22(15)27)19-7-16-9-23(29-11-17(16)8-21(19)26)30-24-10-18-3-4-32(5-6-35-2)25(34)14-33(18)31-24/h7-13H,3-6,14,27H2,1-2H3,(H,29,30,31). The molecule has 1 aromatic carbocycles. The highest BCUT2D eigenvalue weighted by Crippen LogP contribution is 2.32. The topological polar surface area (TPSA) is 111 Å². The summed E-state index contributed by atoms with van der Waals surface area (Å²) < 4.78 is 21.7. The molecule has 0 spiro atoms. The Morgan fingerprint density at radius 1 is 1.11 bits per heavy atom. The van der Waals surface area contributed by atoms with Gasteiger partial charge in [-0.05, 0) is 36.1 Å². The fourth-order valence-electron chi connectivity index (χ4n) is 4.28. The van der Waals surface area contributed by atoms with Gasteiger partial charge in [0.25, 0.3) is 0 Å². The van der Waals surface area contributed by atoms with Crippen LogP contribution in [0.3, 0.4) is 0 Å². The van der Waals surface area contributed by atoms with Crippen LogP contribution in [0.25, 0.3) is 21.9 Å². The van der Waals surface area contributed by atoms with E-state index in [1.165, 1.54) is 6.07 Å². The van der Waals surface area contributed by atoms with Gasteiger partial charge in [0.2, 0.25) is 5.91 Å². The van der Waals surface area contributed by atoms with Gasteiger partial charge < -0.3 is 20.7 Å². The molecule has 0 saturated heterocycles. The van der Waals surface area contributed by atoms with Gasteiger partial charge in [-0.1, -0.05) is 0 Å². The average molecular weight is 476 g/mol. The Kier molecular flexibility index (Phi) is 6.04. The number of hydrogen-bond acceptors (Lipinski definition) is 7. The zero-order valence-corrected chi connectivity index (χ0v) is 19.6. The predicted molar refractivity (Wildman–Crippen MR) is 132 cm³/mol. The summed E-state index contributed by atoms with van der Waals surface area (Å²) in [4.78, 5) is 22.9. The molecule has 35 heavy (non-hydrogen) atoms. The number of rotatable bonds is 6. The normalized spacial score (nSPS) is 13.7. The van der Waals surface area contributed by atoms with Crippen LogP contribution in [0.4, 0.5) is 21.7 Å². The number of carbonyl (C=O) groups excluding carboxylic acids is 1. The first kappa shape index (κ1) is 22.7. The molecule has 0 atom stereocenters. The van der Waals surface area contributed by atoms with Crippen LogP contribution in [0.15, 0.2) is 42.9 Å². The number of nitrogens with one attached hydrogen (secondary N) is 1. The van der Waals surface area contributed by atoms with Crippen LogP contribution in [-0.4, -0.2) is 57.4 Å². The van der Waals surface area contributed by atoms with Gasteiger partial charge >= 0.3 is 0 Å². The summed E-state index contributed by atoms with van der Waals surface area (Å²) in [5.41, 5.74) is 9.31. The van der Waals surface area contributed by atoms with E-state index >= 15 is 0 Å². The van der Waals surface area contributed by atoms with Crippen molar-refractivity contribution in [2.75, 3.05) is 37.9 Å². The molecule has 3 aromatic heterocycles.